The van der Waals surface area contributed by atoms with Gasteiger partial charge in [-0.3, -0.25) is 0 Å². The predicted molar refractivity (Wildman–Crippen MR) is 61.0 cm³/mol. The Morgan fingerprint density at radius 1 is 1.47 bits per heavy atom. The summed E-state index contributed by atoms with van der Waals surface area (Å²) >= 11 is 0. The lowest BCUT2D eigenvalue weighted by Gasteiger charge is -2.18. The molecule has 0 bridgehead atoms. The monoisotopic (exact) mass is 211 g/mol. The van der Waals surface area contributed by atoms with Crippen LogP contribution in [-0.4, -0.2) is 25.3 Å². The Morgan fingerprint density at radius 3 is 2.80 bits per heavy atom. The summed E-state index contributed by atoms with van der Waals surface area (Å²) in [5.41, 5.74) is 0. The standard InChI is InChI=1S/C12H21NO2/c1-4-13-11(9-15-10(2)3)8-12-6-5-7-14-12/h5-7,10-11,13H,4,8-9H2,1-3H3. The van der Waals surface area contributed by atoms with E-state index >= 15 is 0 Å². The largest absolute Gasteiger partial charge is 0.469 e. The van der Waals surface area contributed by atoms with E-state index in [2.05, 4.69) is 26.1 Å². The molecule has 0 amide bonds. The van der Waals surface area contributed by atoms with Crippen LogP contribution in [0.1, 0.15) is 26.5 Å². The average molecular weight is 211 g/mol. The van der Waals surface area contributed by atoms with Crippen molar-refractivity contribution in [2.24, 2.45) is 0 Å². The maximum Gasteiger partial charge on any atom is 0.105 e. The highest BCUT2D eigenvalue weighted by Gasteiger charge is 2.10. The van der Waals surface area contributed by atoms with Gasteiger partial charge in [-0.05, 0) is 32.5 Å². The van der Waals surface area contributed by atoms with E-state index in [0.717, 1.165) is 25.3 Å². The van der Waals surface area contributed by atoms with E-state index in [1.807, 2.05) is 12.1 Å². The summed E-state index contributed by atoms with van der Waals surface area (Å²) in [6.45, 7) is 7.88. The Morgan fingerprint density at radius 2 is 2.27 bits per heavy atom. The number of ether oxygens (including phenoxy) is 1. The second kappa shape index (κ2) is 6.64. The van der Waals surface area contributed by atoms with Gasteiger partial charge in [0.1, 0.15) is 5.76 Å². The molecule has 86 valence electrons. The van der Waals surface area contributed by atoms with Crippen LogP contribution in [0.4, 0.5) is 0 Å². The third kappa shape index (κ3) is 5.00. The zero-order chi connectivity index (χ0) is 11.1. The molecule has 0 aliphatic heterocycles. The normalized spacial score (nSPS) is 13.3. The Kier molecular flexibility index (Phi) is 5.43. The summed E-state index contributed by atoms with van der Waals surface area (Å²) in [5, 5.41) is 3.39. The SMILES string of the molecule is CCNC(COC(C)C)Cc1ccco1. The fourth-order valence-corrected chi connectivity index (χ4v) is 1.46. The van der Waals surface area contributed by atoms with Crippen molar-refractivity contribution in [2.45, 2.75) is 39.3 Å². The molecule has 0 fully saturated rings. The van der Waals surface area contributed by atoms with Crippen molar-refractivity contribution in [1.29, 1.82) is 0 Å². The van der Waals surface area contributed by atoms with E-state index in [1.54, 1.807) is 6.26 Å². The molecule has 0 radical (unpaired) electrons. The third-order valence-electron chi connectivity index (χ3n) is 2.15. The average Bonchev–Trinajstić information content (AvgIpc) is 2.67. The zero-order valence-corrected chi connectivity index (χ0v) is 9.82. The van der Waals surface area contributed by atoms with E-state index in [0.29, 0.717) is 6.04 Å². The predicted octanol–water partition coefficient (Wildman–Crippen LogP) is 2.23. The smallest absolute Gasteiger partial charge is 0.105 e. The first-order valence-electron chi connectivity index (χ1n) is 5.59. The first-order chi connectivity index (χ1) is 7.22. The highest BCUT2D eigenvalue weighted by Crippen LogP contribution is 2.05. The minimum Gasteiger partial charge on any atom is -0.469 e. The summed E-state index contributed by atoms with van der Waals surface area (Å²) in [5.74, 6) is 1.01. The van der Waals surface area contributed by atoms with Gasteiger partial charge in [0, 0.05) is 12.5 Å². The van der Waals surface area contributed by atoms with Crippen LogP contribution in [-0.2, 0) is 11.2 Å². The van der Waals surface area contributed by atoms with Crippen molar-refractivity contribution in [2.75, 3.05) is 13.2 Å². The number of hydrogen-bond acceptors (Lipinski definition) is 3. The van der Waals surface area contributed by atoms with Gasteiger partial charge in [0.15, 0.2) is 0 Å². The molecule has 3 heteroatoms. The number of furan rings is 1. The molecular formula is C12H21NO2. The van der Waals surface area contributed by atoms with Crippen molar-refractivity contribution in [3.63, 3.8) is 0 Å². The van der Waals surface area contributed by atoms with E-state index < -0.39 is 0 Å². The van der Waals surface area contributed by atoms with Crippen LogP contribution in [0.2, 0.25) is 0 Å². The molecule has 0 saturated heterocycles. The van der Waals surface area contributed by atoms with E-state index in [4.69, 9.17) is 9.15 Å². The van der Waals surface area contributed by atoms with Gasteiger partial charge < -0.3 is 14.5 Å². The van der Waals surface area contributed by atoms with Crippen molar-refractivity contribution >= 4 is 0 Å². The molecule has 0 spiro atoms. The van der Waals surface area contributed by atoms with Crippen molar-refractivity contribution in [1.82, 2.24) is 5.32 Å². The summed E-state index contributed by atoms with van der Waals surface area (Å²) < 4.78 is 10.9. The van der Waals surface area contributed by atoms with Crippen molar-refractivity contribution < 1.29 is 9.15 Å². The lowest BCUT2D eigenvalue weighted by Crippen LogP contribution is -2.36. The van der Waals surface area contributed by atoms with Crippen LogP contribution in [0.15, 0.2) is 22.8 Å². The second-order valence-corrected chi connectivity index (χ2v) is 3.92. The van der Waals surface area contributed by atoms with Gasteiger partial charge in [-0.1, -0.05) is 6.92 Å². The number of nitrogens with one attached hydrogen (secondary N) is 1. The minimum atomic E-state index is 0.280. The summed E-state index contributed by atoms with van der Waals surface area (Å²) in [7, 11) is 0. The molecule has 0 saturated carbocycles. The molecule has 1 aromatic heterocycles. The molecule has 1 atom stereocenters. The first-order valence-corrected chi connectivity index (χ1v) is 5.59. The topological polar surface area (TPSA) is 34.4 Å². The zero-order valence-electron chi connectivity index (χ0n) is 9.82. The highest BCUT2D eigenvalue weighted by molar-refractivity contribution is 5.00. The maximum absolute atomic E-state index is 5.60. The quantitative estimate of drug-likeness (QED) is 0.751. The Bertz CT molecular complexity index is 244. The van der Waals surface area contributed by atoms with Gasteiger partial charge >= 0.3 is 0 Å². The van der Waals surface area contributed by atoms with E-state index in [1.165, 1.54) is 0 Å². The van der Waals surface area contributed by atoms with Gasteiger partial charge in [0.05, 0.1) is 19.0 Å². The van der Waals surface area contributed by atoms with Gasteiger partial charge in [-0.15, -0.1) is 0 Å². The fraction of sp³-hybridized carbons (Fsp3) is 0.667. The molecule has 0 aromatic carbocycles. The first kappa shape index (κ1) is 12.3. The molecule has 1 unspecified atom stereocenters. The van der Waals surface area contributed by atoms with E-state index in [9.17, 15) is 0 Å². The highest BCUT2D eigenvalue weighted by atomic mass is 16.5. The summed E-state index contributed by atoms with van der Waals surface area (Å²) in [6.07, 6.45) is 2.87. The van der Waals surface area contributed by atoms with Crippen molar-refractivity contribution in [3.8, 4) is 0 Å². The van der Waals surface area contributed by atoms with E-state index in [-0.39, 0.29) is 6.10 Å². The molecule has 15 heavy (non-hydrogen) atoms. The summed E-state index contributed by atoms with van der Waals surface area (Å²) in [6, 6.07) is 4.25. The fourth-order valence-electron chi connectivity index (χ4n) is 1.46. The molecule has 1 rings (SSSR count). The Balaban J connectivity index is 2.36. The number of likely N-dealkylation sites (N-methyl/N-ethyl adjacent to an activating group) is 1. The van der Waals surface area contributed by atoms with Gasteiger partial charge in [-0.2, -0.15) is 0 Å². The lowest BCUT2D eigenvalue weighted by molar-refractivity contribution is 0.0606. The Hall–Kier alpha value is -0.800. The number of rotatable bonds is 7. The molecule has 0 aliphatic carbocycles. The minimum absolute atomic E-state index is 0.280. The molecule has 0 aliphatic rings. The third-order valence-corrected chi connectivity index (χ3v) is 2.15. The van der Waals surface area contributed by atoms with Crippen LogP contribution >= 0.6 is 0 Å². The van der Waals surface area contributed by atoms with Crippen LogP contribution in [0.3, 0.4) is 0 Å². The van der Waals surface area contributed by atoms with Gasteiger partial charge in [-0.25, -0.2) is 0 Å². The van der Waals surface area contributed by atoms with Crippen LogP contribution < -0.4 is 5.32 Å². The Labute approximate surface area is 91.8 Å². The maximum atomic E-state index is 5.60. The van der Waals surface area contributed by atoms with Gasteiger partial charge in [0.2, 0.25) is 0 Å². The number of hydrogen-bond donors (Lipinski definition) is 1. The molecule has 1 aromatic rings. The molecule has 1 N–H and O–H groups in total. The second-order valence-electron chi connectivity index (χ2n) is 3.92. The van der Waals surface area contributed by atoms with Crippen LogP contribution in [0, 0.1) is 0 Å². The van der Waals surface area contributed by atoms with Crippen molar-refractivity contribution in [3.05, 3.63) is 24.2 Å². The summed E-state index contributed by atoms with van der Waals surface area (Å²) in [4.78, 5) is 0. The van der Waals surface area contributed by atoms with Crippen LogP contribution in [0.25, 0.3) is 0 Å². The molecule has 3 nitrogen and oxygen atoms in total. The van der Waals surface area contributed by atoms with Crippen LogP contribution in [0.5, 0.6) is 0 Å². The lowest BCUT2D eigenvalue weighted by atomic mass is 10.2. The molecule has 1 heterocycles. The molecular weight excluding hydrogens is 190 g/mol. The van der Waals surface area contributed by atoms with Gasteiger partial charge in [0.25, 0.3) is 0 Å².